The minimum absolute atomic E-state index is 0.880. The van der Waals surface area contributed by atoms with Crippen LogP contribution >= 0.6 is 0 Å². The number of benzene rings is 5. The largest absolute Gasteiger partial charge is 0.455 e. The molecule has 0 aliphatic carbocycles. The van der Waals surface area contributed by atoms with Gasteiger partial charge in [0.05, 0.1) is 32.8 Å². The van der Waals surface area contributed by atoms with Gasteiger partial charge in [-0.3, -0.25) is 4.98 Å². The summed E-state index contributed by atoms with van der Waals surface area (Å²) in [6.45, 7) is 0. The number of furan rings is 1. The third-order valence-electron chi connectivity index (χ3n) is 7.95. The third kappa shape index (κ3) is 2.70. The lowest BCUT2D eigenvalue weighted by molar-refractivity contribution is 0.677. The molecular formula is C35H21N3O. The molecule has 0 aliphatic rings. The molecule has 0 atom stereocenters. The molecule has 0 bridgehead atoms. The van der Waals surface area contributed by atoms with E-state index in [2.05, 4.69) is 118 Å². The summed E-state index contributed by atoms with van der Waals surface area (Å²) in [5.41, 5.74) is 9.44. The van der Waals surface area contributed by atoms with Crippen LogP contribution in [0.25, 0.3) is 77.1 Å². The highest BCUT2D eigenvalue weighted by Crippen LogP contribution is 2.44. The van der Waals surface area contributed by atoms with E-state index in [0.717, 1.165) is 66.2 Å². The quantitative estimate of drug-likeness (QED) is 0.238. The molecule has 0 saturated heterocycles. The van der Waals surface area contributed by atoms with E-state index < -0.39 is 0 Å². The molecule has 182 valence electrons. The first-order valence-corrected chi connectivity index (χ1v) is 13.2. The Bertz CT molecular complexity index is 2210. The summed E-state index contributed by atoms with van der Waals surface area (Å²) >= 11 is 0. The van der Waals surface area contributed by atoms with Crippen molar-refractivity contribution < 1.29 is 4.42 Å². The minimum Gasteiger partial charge on any atom is -0.455 e. The van der Waals surface area contributed by atoms with E-state index in [1.807, 2.05) is 18.3 Å². The lowest BCUT2D eigenvalue weighted by Crippen LogP contribution is -1.92. The Balaban J connectivity index is 1.47. The number of nitrogens with zero attached hydrogens (tertiary/aromatic N) is 3. The zero-order chi connectivity index (χ0) is 25.5. The summed E-state index contributed by atoms with van der Waals surface area (Å²) in [7, 11) is 0. The first kappa shape index (κ1) is 20.7. The highest BCUT2D eigenvalue weighted by molar-refractivity contribution is 6.28. The van der Waals surface area contributed by atoms with Crippen molar-refractivity contribution in [2.45, 2.75) is 0 Å². The van der Waals surface area contributed by atoms with Crippen LogP contribution in [0.3, 0.4) is 0 Å². The molecule has 0 N–H and O–H groups in total. The Kier molecular flexibility index (Phi) is 4.02. The molecule has 9 rings (SSSR count). The van der Waals surface area contributed by atoms with Gasteiger partial charge >= 0.3 is 0 Å². The fourth-order valence-corrected chi connectivity index (χ4v) is 6.36. The maximum absolute atomic E-state index is 6.93. The van der Waals surface area contributed by atoms with Crippen LogP contribution in [0.1, 0.15) is 0 Å². The van der Waals surface area contributed by atoms with Crippen molar-refractivity contribution in [2.24, 2.45) is 0 Å². The van der Waals surface area contributed by atoms with Crippen LogP contribution in [0.2, 0.25) is 0 Å². The van der Waals surface area contributed by atoms with Crippen molar-refractivity contribution in [1.82, 2.24) is 14.1 Å². The third-order valence-corrected chi connectivity index (χ3v) is 7.95. The predicted octanol–water partition coefficient (Wildman–Crippen LogP) is 9.18. The molecule has 0 aliphatic heterocycles. The van der Waals surface area contributed by atoms with Gasteiger partial charge in [-0.05, 0) is 66.7 Å². The van der Waals surface area contributed by atoms with Gasteiger partial charge in [-0.15, -0.1) is 0 Å². The highest BCUT2D eigenvalue weighted by Gasteiger charge is 2.22. The second kappa shape index (κ2) is 7.59. The molecule has 9 aromatic rings. The van der Waals surface area contributed by atoms with Gasteiger partial charge in [-0.1, -0.05) is 54.6 Å². The van der Waals surface area contributed by atoms with Crippen molar-refractivity contribution in [1.29, 1.82) is 0 Å². The van der Waals surface area contributed by atoms with E-state index in [4.69, 9.17) is 9.40 Å². The molecule has 0 saturated carbocycles. The lowest BCUT2D eigenvalue weighted by atomic mass is 10.1. The number of hydrogen-bond acceptors (Lipinski definition) is 2. The summed E-state index contributed by atoms with van der Waals surface area (Å²) in [6.07, 6.45) is 1.87. The fourth-order valence-electron chi connectivity index (χ4n) is 6.36. The van der Waals surface area contributed by atoms with Gasteiger partial charge in [0.1, 0.15) is 16.7 Å². The Morgan fingerprint density at radius 2 is 1.00 bits per heavy atom. The lowest BCUT2D eigenvalue weighted by Gasteiger charge is -2.07. The zero-order valence-corrected chi connectivity index (χ0v) is 20.9. The average Bonchev–Trinajstić information content (AvgIpc) is 3.65. The SMILES string of the molecule is c1ccc(-n2c3ccccc3c3c4oc5c(ccc6c5c5ncccc5n6-c5ccccc5)c4ccc32)cc1. The summed E-state index contributed by atoms with van der Waals surface area (Å²) in [5.74, 6) is 0. The molecule has 39 heavy (non-hydrogen) atoms. The van der Waals surface area contributed by atoms with Crippen LogP contribution in [-0.4, -0.2) is 14.1 Å². The van der Waals surface area contributed by atoms with Crippen molar-refractivity contribution in [3.63, 3.8) is 0 Å². The first-order chi connectivity index (χ1) is 19.4. The van der Waals surface area contributed by atoms with Crippen LogP contribution in [0.4, 0.5) is 0 Å². The van der Waals surface area contributed by atoms with E-state index >= 15 is 0 Å². The average molecular weight is 500 g/mol. The Morgan fingerprint density at radius 1 is 0.436 bits per heavy atom. The van der Waals surface area contributed by atoms with Crippen molar-refractivity contribution in [3.05, 3.63) is 128 Å². The van der Waals surface area contributed by atoms with Crippen LogP contribution in [0.15, 0.2) is 132 Å². The number of rotatable bonds is 2. The maximum atomic E-state index is 6.93. The van der Waals surface area contributed by atoms with Gasteiger partial charge in [0.25, 0.3) is 0 Å². The van der Waals surface area contributed by atoms with Gasteiger partial charge in [0.15, 0.2) is 0 Å². The van der Waals surface area contributed by atoms with E-state index in [-0.39, 0.29) is 0 Å². The molecule has 0 unspecified atom stereocenters. The van der Waals surface area contributed by atoms with E-state index in [0.29, 0.717) is 0 Å². The summed E-state index contributed by atoms with van der Waals surface area (Å²) in [6, 6.07) is 42.6. The second-order valence-corrected chi connectivity index (χ2v) is 10.0. The van der Waals surface area contributed by atoms with Crippen LogP contribution < -0.4 is 0 Å². The number of pyridine rings is 1. The molecule has 0 amide bonds. The molecule has 0 radical (unpaired) electrons. The molecule has 0 fully saturated rings. The van der Waals surface area contributed by atoms with E-state index in [1.54, 1.807) is 0 Å². The smallest absolute Gasteiger partial charge is 0.147 e. The minimum atomic E-state index is 0.880. The summed E-state index contributed by atoms with van der Waals surface area (Å²) in [5, 5.41) is 5.59. The molecule has 0 spiro atoms. The topological polar surface area (TPSA) is 35.9 Å². The Hall–Kier alpha value is -5.35. The van der Waals surface area contributed by atoms with Crippen molar-refractivity contribution in [3.8, 4) is 11.4 Å². The predicted molar refractivity (Wildman–Crippen MR) is 160 cm³/mol. The fraction of sp³-hybridized carbons (Fsp3) is 0. The number of fused-ring (bicyclic) bond motifs is 11. The van der Waals surface area contributed by atoms with Crippen molar-refractivity contribution >= 4 is 65.7 Å². The second-order valence-electron chi connectivity index (χ2n) is 10.0. The first-order valence-electron chi connectivity index (χ1n) is 13.2. The summed E-state index contributed by atoms with van der Waals surface area (Å²) in [4.78, 5) is 4.85. The highest BCUT2D eigenvalue weighted by atomic mass is 16.3. The van der Waals surface area contributed by atoms with Crippen molar-refractivity contribution in [2.75, 3.05) is 0 Å². The molecule has 4 aromatic heterocycles. The molecule has 4 heterocycles. The summed E-state index contributed by atoms with van der Waals surface area (Å²) < 4.78 is 11.5. The van der Waals surface area contributed by atoms with E-state index in [1.165, 1.54) is 10.9 Å². The molecule has 4 heteroatoms. The Morgan fingerprint density at radius 3 is 1.72 bits per heavy atom. The van der Waals surface area contributed by atoms with Gasteiger partial charge < -0.3 is 13.6 Å². The zero-order valence-electron chi connectivity index (χ0n) is 20.9. The normalized spacial score (nSPS) is 12.1. The van der Waals surface area contributed by atoms with Gasteiger partial charge in [-0.25, -0.2) is 0 Å². The molecule has 5 aromatic carbocycles. The number of para-hydroxylation sites is 3. The monoisotopic (exact) mass is 499 g/mol. The Labute approximate surface area is 222 Å². The van der Waals surface area contributed by atoms with Gasteiger partial charge in [0, 0.05) is 33.7 Å². The molecule has 4 nitrogen and oxygen atoms in total. The van der Waals surface area contributed by atoms with Crippen LogP contribution in [0.5, 0.6) is 0 Å². The number of aromatic nitrogens is 3. The molecular weight excluding hydrogens is 478 g/mol. The van der Waals surface area contributed by atoms with Gasteiger partial charge in [0.2, 0.25) is 0 Å². The van der Waals surface area contributed by atoms with Crippen LogP contribution in [-0.2, 0) is 0 Å². The van der Waals surface area contributed by atoms with Crippen LogP contribution in [0, 0.1) is 0 Å². The number of hydrogen-bond donors (Lipinski definition) is 0. The maximum Gasteiger partial charge on any atom is 0.147 e. The van der Waals surface area contributed by atoms with E-state index in [9.17, 15) is 0 Å². The standard InChI is InChI=1S/C35H21N3O/c1-3-10-22(11-4-1)37-27-15-8-7-14-26(27)31-28(37)19-17-24-25-18-20-29-32(35(25)39-34(24)31)33-30(16-9-21-36-33)38(29)23-12-5-2-6-13-23/h1-21H. The van der Waals surface area contributed by atoms with Gasteiger partial charge in [-0.2, -0.15) is 0 Å².